The summed E-state index contributed by atoms with van der Waals surface area (Å²) in [5, 5.41) is 3.51. The third-order valence-corrected chi connectivity index (χ3v) is 4.62. The van der Waals surface area contributed by atoms with E-state index >= 15 is 0 Å². The number of hydrogen-bond donors (Lipinski definition) is 1. The monoisotopic (exact) mass is 229 g/mol. The van der Waals surface area contributed by atoms with Crippen LogP contribution in [0.15, 0.2) is 0 Å². The minimum absolute atomic E-state index is 0.578. The van der Waals surface area contributed by atoms with Crippen LogP contribution in [0, 0.1) is 5.92 Å². The van der Waals surface area contributed by atoms with E-state index in [0.717, 1.165) is 19.1 Å². The van der Waals surface area contributed by atoms with Crippen LogP contribution < -0.4 is 5.32 Å². The Labute approximate surface area is 97.5 Å². The quantitative estimate of drug-likeness (QED) is 0.706. The van der Waals surface area contributed by atoms with Gasteiger partial charge in [-0.1, -0.05) is 12.8 Å². The normalized spacial score (nSPS) is 27.6. The Bertz CT molecular complexity index is 147. The minimum Gasteiger partial charge on any atom is -0.377 e. The molecule has 2 fully saturated rings. The zero-order valence-electron chi connectivity index (χ0n) is 9.54. The maximum absolute atomic E-state index is 5.80. The molecule has 1 N–H and O–H groups in total. The summed E-state index contributed by atoms with van der Waals surface area (Å²) in [6.07, 6.45) is 7.31. The molecular weight excluding hydrogens is 206 g/mol. The van der Waals surface area contributed by atoms with E-state index in [2.05, 4.69) is 17.1 Å². The Balaban J connectivity index is 1.41. The molecule has 0 spiro atoms. The first-order valence-electron chi connectivity index (χ1n) is 6.35. The van der Waals surface area contributed by atoms with Crippen molar-refractivity contribution >= 4 is 11.8 Å². The van der Waals surface area contributed by atoms with Gasteiger partial charge in [-0.3, -0.25) is 0 Å². The molecule has 0 aromatic carbocycles. The maximum Gasteiger partial charge on any atom is 0.0594 e. The van der Waals surface area contributed by atoms with Gasteiger partial charge in [-0.2, -0.15) is 11.8 Å². The number of hydrogen-bond acceptors (Lipinski definition) is 3. The van der Waals surface area contributed by atoms with Crippen molar-refractivity contribution in [2.45, 2.75) is 38.2 Å². The van der Waals surface area contributed by atoms with Gasteiger partial charge in [0.25, 0.3) is 0 Å². The van der Waals surface area contributed by atoms with E-state index in [1.165, 1.54) is 50.2 Å². The lowest BCUT2D eigenvalue weighted by molar-refractivity contribution is 0.0601. The van der Waals surface area contributed by atoms with Crippen molar-refractivity contribution in [3.05, 3.63) is 0 Å². The molecule has 1 aliphatic carbocycles. The second kappa shape index (κ2) is 6.77. The van der Waals surface area contributed by atoms with Crippen molar-refractivity contribution in [3.8, 4) is 0 Å². The third-order valence-electron chi connectivity index (χ3n) is 3.39. The van der Waals surface area contributed by atoms with Gasteiger partial charge in [-0.25, -0.2) is 0 Å². The molecule has 0 aromatic heterocycles. The van der Waals surface area contributed by atoms with Gasteiger partial charge in [0.05, 0.1) is 12.7 Å². The van der Waals surface area contributed by atoms with Gasteiger partial charge in [0.15, 0.2) is 0 Å². The van der Waals surface area contributed by atoms with E-state index in [0.29, 0.717) is 6.10 Å². The standard InChI is InChI=1S/C12H23NOS/c1-2-4-12(3-1)14-7-6-13-9-11-5-8-15-10-11/h11-13H,1-10H2. The summed E-state index contributed by atoms with van der Waals surface area (Å²) in [5.74, 6) is 3.64. The summed E-state index contributed by atoms with van der Waals surface area (Å²) in [4.78, 5) is 0. The van der Waals surface area contributed by atoms with Crippen LogP contribution in [0.1, 0.15) is 32.1 Å². The van der Waals surface area contributed by atoms with E-state index in [4.69, 9.17) is 4.74 Å². The zero-order valence-corrected chi connectivity index (χ0v) is 10.4. The van der Waals surface area contributed by atoms with Gasteiger partial charge in [-0.05, 0) is 43.2 Å². The average molecular weight is 229 g/mol. The Morgan fingerprint density at radius 3 is 2.80 bits per heavy atom. The van der Waals surface area contributed by atoms with Crippen LogP contribution >= 0.6 is 11.8 Å². The first kappa shape index (κ1) is 11.7. The first-order valence-corrected chi connectivity index (χ1v) is 7.50. The van der Waals surface area contributed by atoms with Crippen molar-refractivity contribution in [1.29, 1.82) is 0 Å². The van der Waals surface area contributed by atoms with Crippen LogP contribution in [0.25, 0.3) is 0 Å². The topological polar surface area (TPSA) is 21.3 Å². The summed E-state index contributed by atoms with van der Waals surface area (Å²) in [6, 6.07) is 0. The van der Waals surface area contributed by atoms with Crippen molar-refractivity contribution < 1.29 is 4.74 Å². The predicted octanol–water partition coefficient (Wildman–Crippen LogP) is 2.29. The number of rotatable bonds is 6. The second-order valence-electron chi connectivity index (χ2n) is 4.71. The molecule has 2 nitrogen and oxygen atoms in total. The second-order valence-corrected chi connectivity index (χ2v) is 5.86. The van der Waals surface area contributed by atoms with Gasteiger partial charge in [0.1, 0.15) is 0 Å². The molecule has 2 aliphatic rings. The SMILES string of the molecule is C1CCC(OCCNCC2CCSC2)C1. The summed E-state index contributed by atoms with van der Waals surface area (Å²) in [6.45, 7) is 3.14. The van der Waals surface area contributed by atoms with Gasteiger partial charge >= 0.3 is 0 Å². The molecule has 1 unspecified atom stereocenters. The summed E-state index contributed by atoms with van der Waals surface area (Å²) in [7, 11) is 0. The van der Waals surface area contributed by atoms with Crippen LogP contribution in [0.5, 0.6) is 0 Å². The fourth-order valence-electron chi connectivity index (χ4n) is 2.40. The van der Waals surface area contributed by atoms with Gasteiger partial charge in [-0.15, -0.1) is 0 Å². The maximum atomic E-state index is 5.80. The Kier molecular flexibility index (Phi) is 5.30. The molecule has 1 aliphatic heterocycles. The molecule has 1 heterocycles. The Hall–Kier alpha value is 0.270. The summed E-state index contributed by atoms with van der Waals surface area (Å²) >= 11 is 2.10. The van der Waals surface area contributed by atoms with Crippen LogP contribution in [0.2, 0.25) is 0 Å². The smallest absolute Gasteiger partial charge is 0.0594 e. The molecule has 0 radical (unpaired) electrons. The Morgan fingerprint density at radius 2 is 2.07 bits per heavy atom. The number of thioether (sulfide) groups is 1. The van der Waals surface area contributed by atoms with E-state index < -0.39 is 0 Å². The molecule has 1 saturated heterocycles. The largest absolute Gasteiger partial charge is 0.377 e. The highest BCUT2D eigenvalue weighted by atomic mass is 32.2. The molecule has 1 saturated carbocycles. The molecule has 2 rings (SSSR count). The number of ether oxygens (including phenoxy) is 1. The van der Waals surface area contributed by atoms with E-state index in [1.54, 1.807) is 0 Å². The van der Waals surface area contributed by atoms with Crippen LogP contribution in [0.3, 0.4) is 0 Å². The molecule has 0 aromatic rings. The minimum atomic E-state index is 0.578. The van der Waals surface area contributed by atoms with Gasteiger partial charge < -0.3 is 10.1 Å². The average Bonchev–Trinajstić information content (AvgIpc) is 2.88. The molecule has 0 bridgehead atoms. The molecule has 3 heteroatoms. The van der Waals surface area contributed by atoms with Crippen LogP contribution in [-0.2, 0) is 4.74 Å². The lowest BCUT2D eigenvalue weighted by atomic mass is 10.1. The fraction of sp³-hybridized carbons (Fsp3) is 1.00. The van der Waals surface area contributed by atoms with E-state index in [1.807, 2.05) is 0 Å². The lowest BCUT2D eigenvalue weighted by Gasteiger charge is -2.13. The number of nitrogens with one attached hydrogen (secondary N) is 1. The van der Waals surface area contributed by atoms with Gasteiger partial charge in [0, 0.05) is 6.54 Å². The molecule has 88 valence electrons. The Morgan fingerprint density at radius 1 is 1.20 bits per heavy atom. The van der Waals surface area contributed by atoms with Crippen molar-refractivity contribution in [1.82, 2.24) is 5.32 Å². The van der Waals surface area contributed by atoms with Crippen molar-refractivity contribution in [2.24, 2.45) is 5.92 Å². The molecule has 15 heavy (non-hydrogen) atoms. The van der Waals surface area contributed by atoms with E-state index in [9.17, 15) is 0 Å². The molecule has 0 amide bonds. The summed E-state index contributed by atoms with van der Waals surface area (Å²) < 4.78 is 5.80. The predicted molar refractivity (Wildman–Crippen MR) is 66.5 cm³/mol. The third kappa shape index (κ3) is 4.33. The highest BCUT2D eigenvalue weighted by Crippen LogP contribution is 2.22. The summed E-state index contributed by atoms with van der Waals surface area (Å²) in [5.41, 5.74) is 0. The molecule has 1 atom stereocenters. The zero-order chi connectivity index (χ0) is 10.3. The highest BCUT2D eigenvalue weighted by Gasteiger charge is 2.16. The van der Waals surface area contributed by atoms with Crippen LogP contribution in [-0.4, -0.2) is 37.3 Å². The van der Waals surface area contributed by atoms with Crippen molar-refractivity contribution in [3.63, 3.8) is 0 Å². The fourth-order valence-corrected chi connectivity index (χ4v) is 3.69. The van der Waals surface area contributed by atoms with Crippen molar-refractivity contribution in [2.75, 3.05) is 31.2 Å². The molecular formula is C12H23NOS. The van der Waals surface area contributed by atoms with Gasteiger partial charge in [0.2, 0.25) is 0 Å². The highest BCUT2D eigenvalue weighted by molar-refractivity contribution is 7.99. The first-order chi connectivity index (χ1) is 7.45. The lowest BCUT2D eigenvalue weighted by Crippen LogP contribution is -2.27. The van der Waals surface area contributed by atoms with E-state index in [-0.39, 0.29) is 0 Å². The van der Waals surface area contributed by atoms with Crippen LogP contribution in [0.4, 0.5) is 0 Å².